The summed E-state index contributed by atoms with van der Waals surface area (Å²) in [7, 11) is 0. The predicted molar refractivity (Wildman–Crippen MR) is 101 cm³/mol. The summed E-state index contributed by atoms with van der Waals surface area (Å²) in [5.41, 5.74) is 1.03. The summed E-state index contributed by atoms with van der Waals surface area (Å²) in [6, 6.07) is 1.54. The first-order valence-electron chi connectivity index (χ1n) is 8.13. The Morgan fingerprint density at radius 1 is 1.08 bits per heavy atom. The average Bonchev–Trinajstić information content (AvgIpc) is 3.16. The van der Waals surface area contributed by atoms with E-state index in [0.717, 1.165) is 18.4 Å². The predicted octanol–water partition coefficient (Wildman–Crippen LogP) is 6.06. The Morgan fingerprint density at radius 2 is 1.64 bits per heavy atom. The van der Waals surface area contributed by atoms with Crippen molar-refractivity contribution in [3.63, 3.8) is 0 Å². The van der Waals surface area contributed by atoms with Crippen molar-refractivity contribution in [2.45, 2.75) is 65.6 Å². The number of nitrogens with one attached hydrogen (secondary N) is 1. The molecule has 1 aromatic heterocycles. The van der Waals surface area contributed by atoms with Crippen LogP contribution in [0.5, 0.6) is 0 Å². The number of amides is 1. The Balaban J connectivity index is 2.44. The van der Waals surface area contributed by atoms with Gasteiger partial charge < -0.3 is 9.47 Å². The molecule has 2 rings (SSSR count). The van der Waals surface area contributed by atoms with Crippen LogP contribution in [0.3, 0.4) is 0 Å². The number of ether oxygens (including phenoxy) is 2. The van der Waals surface area contributed by atoms with Crippen molar-refractivity contribution < 1.29 is 14.3 Å². The minimum absolute atomic E-state index is 0.177. The highest BCUT2D eigenvalue weighted by atomic mass is 35.5. The highest BCUT2D eigenvalue weighted by Crippen LogP contribution is 2.44. The van der Waals surface area contributed by atoms with Crippen molar-refractivity contribution in [2.75, 3.05) is 5.32 Å². The SMILES string of the molecule is CC(C)(C)OC(=O)Nc1cc(Cl)nc(Cl)c1C(OC(C)(C)C)=C1CC1. The van der Waals surface area contributed by atoms with E-state index < -0.39 is 17.3 Å². The Labute approximate surface area is 158 Å². The van der Waals surface area contributed by atoms with Crippen LogP contribution >= 0.6 is 23.2 Å². The van der Waals surface area contributed by atoms with Crippen LogP contribution in [0.25, 0.3) is 5.76 Å². The molecule has 0 bridgehead atoms. The molecular weight excluding hydrogens is 363 g/mol. The number of carbonyl (C=O) groups is 1. The van der Waals surface area contributed by atoms with E-state index in [-0.39, 0.29) is 10.3 Å². The first-order chi connectivity index (χ1) is 11.4. The molecule has 1 fully saturated rings. The number of hydrogen-bond acceptors (Lipinski definition) is 4. The van der Waals surface area contributed by atoms with E-state index in [4.69, 9.17) is 32.7 Å². The topological polar surface area (TPSA) is 60.5 Å². The second kappa shape index (κ2) is 7.04. The first-order valence-corrected chi connectivity index (χ1v) is 8.89. The molecule has 0 unspecified atom stereocenters. The monoisotopic (exact) mass is 386 g/mol. The number of pyridine rings is 1. The van der Waals surface area contributed by atoms with E-state index in [0.29, 0.717) is 17.0 Å². The van der Waals surface area contributed by atoms with Gasteiger partial charge in [0, 0.05) is 6.07 Å². The summed E-state index contributed by atoms with van der Waals surface area (Å²) in [5.74, 6) is 0.646. The van der Waals surface area contributed by atoms with E-state index in [2.05, 4.69) is 10.3 Å². The number of allylic oxidation sites excluding steroid dienone is 1. The molecule has 0 saturated heterocycles. The number of nitrogens with zero attached hydrogens (tertiary/aromatic N) is 1. The summed E-state index contributed by atoms with van der Waals surface area (Å²) >= 11 is 12.4. The molecule has 7 heteroatoms. The first kappa shape index (κ1) is 19.9. The molecule has 1 aliphatic carbocycles. The van der Waals surface area contributed by atoms with Gasteiger partial charge in [-0.2, -0.15) is 0 Å². The minimum atomic E-state index is -0.620. The van der Waals surface area contributed by atoms with Crippen LogP contribution in [0.15, 0.2) is 11.6 Å². The van der Waals surface area contributed by atoms with Crippen molar-refractivity contribution in [3.05, 3.63) is 27.5 Å². The Bertz CT molecular complexity index is 710. The largest absolute Gasteiger partial charge is 0.487 e. The van der Waals surface area contributed by atoms with Gasteiger partial charge in [-0.25, -0.2) is 9.78 Å². The van der Waals surface area contributed by atoms with Gasteiger partial charge >= 0.3 is 6.09 Å². The molecule has 138 valence electrons. The van der Waals surface area contributed by atoms with Crippen LogP contribution in [0.1, 0.15) is 59.9 Å². The van der Waals surface area contributed by atoms with E-state index in [1.165, 1.54) is 0 Å². The Kier molecular flexibility index (Phi) is 5.59. The van der Waals surface area contributed by atoms with Gasteiger partial charge in [-0.15, -0.1) is 0 Å². The molecule has 1 N–H and O–H groups in total. The molecule has 1 aliphatic rings. The van der Waals surface area contributed by atoms with Crippen molar-refractivity contribution in [3.8, 4) is 0 Å². The van der Waals surface area contributed by atoms with E-state index in [1.54, 1.807) is 26.8 Å². The minimum Gasteiger partial charge on any atom is -0.487 e. The normalized spacial score (nSPS) is 14.2. The third-order valence-electron chi connectivity index (χ3n) is 3.04. The molecule has 0 atom stereocenters. The third-order valence-corrected chi connectivity index (χ3v) is 3.50. The fraction of sp³-hybridized carbons (Fsp3) is 0.556. The number of halogens is 2. The number of aromatic nitrogens is 1. The van der Waals surface area contributed by atoms with Gasteiger partial charge in [-0.3, -0.25) is 5.32 Å². The van der Waals surface area contributed by atoms with Crippen LogP contribution in [0.4, 0.5) is 10.5 Å². The van der Waals surface area contributed by atoms with Crippen LogP contribution in [0.2, 0.25) is 10.3 Å². The molecule has 25 heavy (non-hydrogen) atoms. The summed E-state index contributed by atoms with van der Waals surface area (Å²) in [6.07, 6.45) is 1.26. The van der Waals surface area contributed by atoms with Gasteiger partial charge in [0.15, 0.2) is 0 Å². The zero-order chi connectivity index (χ0) is 19.0. The summed E-state index contributed by atoms with van der Waals surface area (Å²) in [5, 5.41) is 3.07. The molecular formula is C18H24Cl2N2O3. The molecule has 0 aromatic carbocycles. The fourth-order valence-corrected chi connectivity index (χ4v) is 2.62. The highest BCUT2D eigenvalue weighted by molar-refractivity contribution is 6.34. The lowest BCUT2D eigenvalue weighted by molar-refractivity contribution is 0.0636. The number of rotatable bonds is 3. The maximum Gasteiger partial charge on any atom is 0.412 e. The fourth-order valence-electron chi connectivity index (χ4n) is 2.11. The Hall–Kier alpha value is -1.46. The van der Waals surface area contributed by atoms with Gasteiger partial charge in [0.25, 0.3) is 0 Å². The summed E-state index contributed by atoms with van der Waals surface area (Å²) in [4.78, 5) is 16.3. The highest BCUT2D eigenvalue weighted by Gasteiger charge is 2.30. The number of carbonyl (C=O) groups excluding carboxylic acids is 1. The standard InChI is InChI=1S/C18H24Cl2N2O3/c1-17(2,3)24-14(10-7-8-10)13-11(9-12(19)22-15(13)20)21-16(23)25-18(4,5)6/h9H,7-8H2,1-6H3,(H,21,22,23). The average molecular weight is 387 g/mol. The zero-order valence-corrected chi connectivity index (χ0v) is 16.9. The summed E-state index contributed by atoms with van der Waals surface area (Å²) in [6.45, 7) is 11.2. The van der Waals surface area contributed by atoms with Gasteiger partial charge in [0.2, 0.25) is 0 Å². The van der Waals surface area contributed by atoms with Crippen LogP contribution in [0, 0.1) is 0 Å². The lowest BCUT2D eigenvalue weighted by Gasteiger charge is -2.26. The second-order valence-electron chi connectivity index (χ2n) is 7.93. The molecule has 1 heterocycles. The molecule has 1 aromatic rings. The van der Waals surface area contributed by atoms with Crippen molar-refractivity contribution in [1.82, 2.24) is 4.98 Å². The van der Waals surface area contributed by atoms with E-state index in [9.17, 15) is 4.79 Å². The Morgan fingerprint density at radius 3 is 2.12 bits per heavy atom. The van der Waals surface area contributed by atoms with Gasteiger partial charge in [-0.05, 0) is 60.0 Å². The van der Waals surface area contributed by atoms with E-state index >= 15 is 0 Å². The van der Waals surface area contributed by atoms with Crippen LogP contribution < -0.4 is 5.32 Å². The maximum absolute atomic E-state index is 12.2. The van der Waals surface area contributed by atoms with Gasteiger partial charge in [0.1, 0.15) is 27.3 Å². The molecule has 5 nitrogen and oxygen atoms in total. The van der Waals surface area contributed by atoms with Crippen LogP contribution in [-0.4, -0.2) is 22.3 Å². The van der Waals surface area contributed by atoms with Gasteiger partial charge in [0.05, 0.1) is 11.3 Å². The van der Waals surface area contributed by atoms with Crippen LogP contribution in [-0.2, 0) is 9.47 Å². The summed E-state index contributed by atoms with van der Waals surface area (Å²) < 4.78 is 11.4. The van der Waals surface area contributed by atoms with Crippen molar-refractivity contribution in [2.24, 2.45) is 0 Å². The molecule has 1 saturated carbocycles. The molecule has 0 aliphatic heterocycles. The van der Waals surface area contributed by atoms with Gasteiger partial charge in [-0.1, -0.05) is 23.2 Å². The van der Waals surface area contributed by atoms with E-state index in [1.807, 2.05) is 20.8 Å². The van der Waals surface area contributed by atoms with Crippen molar-refractivity contribution in [1.29, 1.82) is 0 Å². The number of hydrogen-bond donors (Lipinski definition) is 1. The van der Waals surface area contributed by atoms with Crippen molar-refractivity contribution >= 4 is 40.7 Å². The quantitative estimate of drug-likeness (QED) is 0.506. The molecule has 0 radical (unpaired) electrons. The molecule has 0 spiro atoms. The third kappa shape index (κ3) is 6.08. The smallest absolute Gasteiger partial charge is 0.412 e. The number of anilines is 1. The lowest BCUT2D eigenvalue weighted by atomic mass is 10.1. The lowest BCUT2D eigenvalue weighted by Crippen LogP contribution is -2.27. The maximum atomic E-state index is 12.2. The second-order valence-corrected chi connectivity index (χ2v) is 8.68. The zero-order valence-electron chi connectivity index (χ0n) is 15.4. The molecule has 1 amide bonds.